The maximum atomic E-state index is 12.5. The fraction of sp³-hybridized carbons (Fsp3) is 0.143. The molecule has 2 rings (SSSR count). The fourth-order valence-corrected chi connectivity index (χ4v) is 0.917. The molecule has 0 aromatic heterocycles. The summed E-state index contributed by atoms with van der Waals surface area (Å²) in [7, 11) is 0. The van der Waals surface area contributed by atoms with E-state index < -0.39 is 6.36 Å². The van der Waals surface area contributed by atoms with Crippen LogP contribution in [0.25, 0.3) is 0 Å². The summed E-state index contributed by atoms with van der Waals surface area (Å²) in [6.07, 6.45) is -1.23. The van der Waals surface area contributed by atoms with E-state index >= 15 is 0 Å². The number of hydrogen-bond donors (Lipinski definition) is 0. The summed E-state index contributed by atoms with van der Waals surface area (Å²) in [5.41, 5.74) is 0.618. The van der Waals surface area contributed by atoms with Crippen LogP contribution in [0.1, 0.15) is 11.9 Å². The molecular weight excluding hydrogens is 119 g/mol. The third kappa shape index (κ3) is 0.593. The van der Waals surface area contributed by atoms with Gasteiger partial charge in [-0.05, 0) is 12.1 Å². The van der Waals surface area contributed by atoms with Crippen LogP contribution in [0.2, 0.25) is 0 Å². The first kappa shape index (κ1) is 4.79. The molecule has 0 radical (unpaired) electrons. The van der Waals surface area contributed by atoms with Gasteiger partial charge in [0.2, 0.25) is 0 Å². The van der Waals surface area contributed by atoms with Gasteiger partial charge in [-0.15, -0.1) is 0 Å². The predicted molar refractivity (Wildman–Crippen MR) is 30.9 cm³/mol. The van der Waals surface area contributed by atoms with Crippen LogP contribution in [0, 0.1) is 0 Å². The number of hydrogen-bond acceptors (Lipinski definition) is 1. The van der Waals surface area contributed by atoms with Gasteiger partial charge in [0.15, 0.2) is 0 Å². The lowest BCUT2D eigenvalue weighted by Gasteiger charge is -1.97. The highest BCUT2D eigenvalue weighted by Gasteiger charge is 2.18. The SMILES string of the molecule is FC1Oc2cccc1c2. The van der Waals surface area contributed by atoms with Crippen LogP contribution in [-0.4, -0.2) is 0 Å². The van der Waals surface area contributed by atoms with E-state index in [9.17, 15) is 4.39 Å². The quantitative estimate of drug-likeness (QED) is 0.514. The van der Waals surface area contributed by atoms with E-state index in [1.165, 1.54) is 0 Å². The molecule has 0 fully saturated rings. The minimum absolute atomic E-state index is 0.618. The average molecular weight is 124 g/mol. The van der Waals surface area contributed by atoms with E-state index in [2.05, 4.69) is 0 Å². The summed E-state index contributed by atoms with van der Waals surface area (Å²) in [5.74, 6) is 0.625. The normalized spacial score (nSPS) is 21.7. The minimum Gasteiger partial charge on any atom is -0.456 e. The number of alkyl halides is 1. The summed E-state index contributed by atoms with van der Waals surface area (Å²) in [4.78, 5) is 0. The summed E-state index contributed by atoms with van der Waals surface area (Å²) in [5, 5.41) is 0. The monoisotopic (exact) mass is 124 g/mol. The molecule has 1 aromatic carbocycles. The second-order valence-corrected chi connectivity index (χ2v) is 2.01. The smallest absolute Gasteiger partial charge is 0.264 e. The second kappa shape index (κ2) is 1.47. The Bertz CT molecular complexity index is 234. The van der Waals surface area contributed by atoms with Crippen LogP contribution in [0.3, 0.4) is 0 Å². The molecular formula is C7H5FO. The summed E-state index contributed by atoms with van der Waals surface area (Å²) >= 11 is 0. The van der Waals surface area contributed by atoms with Crippen molar-refractivity contribution in [2.75, 3.05) is 0 Å². The lowest BCUT2D eigenvalue weighted by atomic mass is 10.2. The number of benzene rings is 1. The molecule has 1 aliphatic rings. The van der Waals surface area contributed by atoms with Crippen molar-refractivity contribution in [3.8, 4) is 5.75 Å². The molecule has 2 heteroatoms. The Kier molecular flexibility index (Phi) is 0.781. The molecule has 46 valence electrons. The molecule has 1 unspecified atom stereocenters. The molecule has 0 amide bonds. The third-order valence-corrected chi connectivity index (χ3v) is 1.36. The Morgan fingerprint density at radius 2 is 2.33 bits per heavy atom. The van der Waals surface area contributed by atoms with Crippen LogP contribution in [0.5, 0.6) is 5.75 Å². The molecule has 0 aliphatic carbocycles. The number of fused-ring (bicyclic) bond motifs is 2. The molecule has 9 heavy (non-hydrogen) atoms. The van der Waals surface area contributed by atoms with Gasteiger partial charge in [-0.25, -0.2) is 0 Å². The lowest BCUT2D eigenvalue weighted by molar-refractivity contribution is 0.0816. The third-order valence-electron chi connectivity index (χ3n) is 1.36. The summed E-state index contributed by atoms with van der Waals surface area (Å²) in [6, 6.07) is 6.93. The minimum atomic E-state index is -1.23. The number of halogens is 1. The van der Waals surface area contributed by atoms with Gasteiger partial charge in [-0.3, -0.25) is 0 Å². The highest BCUT2D eigenvalue weighted by atomic mass is 19.1. The van der Waals surface area contributed by atoms with Crippen LogP contribution in [0.15, 0.2) is 24.3 Å². The van der Waals surface area contributed by atoms with Crippen molar-refractivity contribution in [2.24, 2.45) is 0 Å². The van der Waals surface area contributed by atoms with Gasteiger partial charge in [0, 0.05) is 5.56 Å². The molecule has 0 saturated heterocycles. The highest BCUT2D eigenvalue weighted by Crippen LogP contribution is 2.31. The van der Waals surface area contributed by atoms with Crippen molar-refractivity contribution in [3.63, 3.8) is 0 Å². The first-order valence-corrected chi connectivity index (χ1v) is 2.77. The van der Waals surface area contributed by atoms with Gasteiger partial charge >= 0.3 is 0 Å². The van der Waals surface area contributed by atoms with E-state index in [1.807, 2.05) is 0 Å². The Hall–Kier alpha value is -1.05. The van der Waals surface area contributed by atoms with Gasteiger partial charge in [-0.2, -0.15) is 4.39 Å². The summed E-state index contributed by atoms with van der Waals surface area (Å²) in [6.45, 7) is 0. The maximum Gasteiger partial charge on any atom is 0.264 e. The van der Waals surface area contributed by atoms with E-state index in [0.29, 0.717) is 11.3 Å². The van der Waals surface area contributed by atoms with E-state index in [1.54, 1.807) is 24.3 Å². The molecule has 0 N–H and O–H groups in total. The molecule has 1 atom stereocenters. The largest absolute Gasteiger partial charge is 0.456 e. The molecule has 1 heterocycles. The molecule has 2 bridgehead atoms. The van der Waals surface area contributed by atoms with Crippen molar-refractivity contribution in [1.29, 1.82) is 0 Å². The van der Waals surface area contributed by atoms with Crippen molar-refractivity contribution >= 4 is 0 Å². The number of rotatable bonds is 0. The predicted octanol–water partition coefficient (Wildman–Crippen LogP) is 2.05. The second-order valence-electron chi connectivity index (χ2n) is 2.01. The fourth-order valence-electron chi connectivity index (χ4n) is 0.917. The molecule has 0 spiro atoms. The topological polar surface area (TPSA) is 9.23 Å². The van der Waals surface area contributed by atoms with Gasteiger partial charge < -0.3 is 4.74 Å². The maximum absolute atomic E-state index is 12.5. The van der Waals surface area contributed by atoms with Gasteiger partial charge in [0.05, 0.1) is 0 Å². The van der Waals surface area contributed by atoms with Crippen LogP contribution in [-0.2, 0) is 0 Å². The van der Waals surface area contributed by atoms with E-state index in [4.69, 9.17) is 4.74 Å². The average Bonchev–Trinajstić information content (AvgIpc) is 2.09. The summed E-state index contributed by atoms with van der Waals surface area (Å²) < 4.78 is 17.2. The lowest BCUT2D eigenvalue weighted by Crippen LogP contribution is -1.90. The van der Waals surface area contributed by atoms with Gasteiger partial charge in [0.25, 0.3) is 6.36 Å². The molecule has 0 saturated carbocycles. The van der Waals surface area contributed by atoms with Crippen LogP contribution < -0.4 is 4.74 Å². The molecule has 1 aromatic rings. The highest BCUT2D eigenvalue weighted by molar-refractivity contribution is 5.33. The van der Waals surface area contributed by atoms with Gasteiger partial charge in [0.1, 0.15) is 5.75 Å². The number of ether oxygens (including phenoxy) is 1. The van der Waals surface area contributed by atoms with E-state index in [-0.39, 0.29) is 0 Å². The Labute approximate surface area is 52.1 Å². The van der Waals surface area contributed by atoms with Crippen LogP contribution >= 0.6 is 0 Å². The first-order chi connectivity index (χ1) is 4.36. The van der Waals surface area contributed by atoms with Crippen LogP contribution in [0.4, 0.5) is 4.39 Å². The first-order valence-electron chi connectivity index (χ1n) is 2.77. The Morgan fingerprint density at radius 1 is 1.44 bits per heavy atom. The standard InChI is InChI=1S/C7H5FO/c8-7-5-2-1-3-6(4-5)9-7/h1-4,7H. The van der Waals surface area contributed by atoms with Crippen molar-refractivity contribution in [2.45, 2.75) is 6.36 Å². The molecule has 1 aliphatic heterocycles. The zero-order valence-electron chi connectivity index (χ0n) is 4.67. The Morgan fingerprint density at radius 3 is 3.00 bits per heavy atom. The van der Waals surface area contributed by atoms with Crippen molar-refractivity contribution < 1.29 is 9.13 Å². The van der Waals surface area contributed by atoms with Gasteiger partial charge in [-0.1, -0.05) is 12.1 Å². The van der Waals surface area contributed by atoms with E-state index in [0.717, 1.165) is 0 Å². The zero-order valence-corrected chi connectivity index (χ0v) is 4.67. The Balaban J connectivity index is 2.56. The molecule has 1 nitrogen and oxygen atoms in total. The zero-order chi connectivity index (χ0) is 6.27. The van der Waals surface area contributed by atoms with Crippen molar-refractivity contribution in [1.82, 2.24) is 0 Å². The van der Waals surface area contributed by atoms with Crippen molar-refractivity contribution in [3.05, 3.63) is 29.8 Å².